The van der Waals surface area contributed by atoms with Crippen molar-refractivity contribution >= 4 is 0 Å². The van der Waals surface area contributed by atoms with Crippen molar-refractivity contribution in [2.75, 3.05) is 6.61 Å². The van der Waals surface area contributed by atoms with Crippen LogP contribution in [-0.4, -0.2) is 6.61 Å². The molecule has 0 aliphatic heterocycles. The van der Waals surface area contributed by atoms with Crippen LogP contribution in [0.1, 0.15) is 44.1 Å². The molecule has 1 aromatic carbocycles. The molecule has 0 amide bonds. The molecule has 1 aliphatic carbocycles. The SMILES string of the molecule is C=C.C=CCOOc1ccc(C2CCC(C)CC2)c(F)c1F. The molecule has 0 aromatic heterocycles. The predicted octanol–water partition coefficient (Wildman–Crippen LogP) is 5.56. The Morgan fingerprint density at radius 2 is 1.77 bits per heavy atom. The maximum atomic E-state index is 14.1. The fourth-order valence-corrected chi connectivity index (χ4v) is 2.64. The van der Waals surface area contributed by atoms with Gasteiger partial charge in [0.25, 0.3) is 0 Å². The Hall–Kier alpha value is -1.68. The summed E-state index contributed by atoms with van der Waals surface area (Å²) in [5, 5.41) is 0. The van der Waals surface area contributed by atoms with E-state index in [0.717, 1.165) is 25.7 Å². The first kappa shape index (κ1) is 18.4. The molecule has 22 heavy (non-hydrogen) atoms. The second kappa shape index (κ2) is 9.36. The van der Waals surface area contributed by atoms with Crippen molar-refractivity contribution in [3.63, 3.8) is 0 Å². The Kier molecular flexibility index (Phi) is 7.82. The van der Waals surface area contributed by atoms with E-state index < -0.39 is 11.6 Å². The smallest absolute Gasteiger partial charge is 0.205 e. The molecule has 0 saturated heterocycles. The monoisotopic (exact) mass is 310 g/mol. The number of benzene rings is 1. The van der Waals surface area contributed by atoms with Gasteiger partial charge in [0.2, 0.25) is 11.6 Å². The molecule has 0 N–H and O–H groups in total. The third-order valence-corrected chi connectivity index (χ3v) is 3.87. The second-order valence-corrected chi connectivity index (χ2v) is 5.39. The van der Waals surface area contributed by atoms with E-state index in [1.807, 2.05) is 0 Å². The van der Waals surface area contributed by atoms with Crippen LogP contribution in [0.15, 0.2) is 37.9 Å². The zero-order valence-electron chi connectivity index (χ0n) is 13.1. The summed E-state index contributed by atoms with van der Waals surface area (Å²) in [6.07, 6.45) is 5.40. The van der Waals surface area contributed by atoms with E-state index in [9.17, 15) is 8.78 Å². The Balaban J connectivity index is 0.00000116. The number of halogens is 2. The molecule has 1 fully saturated rings. The standard InChI is InChI=1S/C16H20F2O2.C2H4/c1-3-10-19-20-14-9-8-13(15(17)16(14)18)12-6-4-11(2)5-7-12;1-2/h3,8-9,11-12H,1,4-7,10H2,2H3;1-2H2. The van der Waals surface area contributed by atoms with E-state index >= 15 is 0 Å². The molecular formula is C18H24F2O2. The molecule has 122 valence electrons. The van der Waals surface area contributed by atoms with Crippen molar-refractivity contribution in [2.24, 2.45) is 5.92 Å². The van der Waals surface area contributed by atoms with Gasteiger partial charge >= 0.3 is 0 Å². The molecule has 2 nitrogen and oxygen atoms in total. The van der Waals surface area contributed by atoms with Gasteiger partial charge < -0.3 is 4.89 Å². The summed E-state index contributed by atoms with van der Waals surface area (Å²) in [6.45, 7) is 11.8. The van der Waals surface area contributed by atoms with E-state index in [4.69, 9.17) is 4.89 Å². The summed E-state index contributed by atoms with van der Waals surface area (Å²) in [7, 11) is 0. The van der Waals surface area contributed by atoms with Gasteiger partial charge in [0.05, 0.1) is 0 Å². The highest BCUT2D eigenvalue weighted by Gasteiger charge is 2.25. The highest BCUT2D eigenvalue weighted by Crippen LogP contribution is 2.38. The topological polar surface area (TPSA) is 18.5 Å². The van der Waals surface area contributed by atoms with Gasteiger partial charge in [-0.15, -0.1) is 19.7 Å². The molecule has 0 bridgehead atoms. The molecule has 0 radical (unpaired) electrons. The zero-order valence-corrected chi connectivity index (χ0v) is 13.1. The fraction of sp³-hybridized carbons (Fsp3) is 0.444. The van der Waals surface area contributed by atoms with Crippen LogP contribution in [0.5, 0.6) is 5.75 Å². The summed E-state index contributed by atoms with van der Waals surface area (Å²) >= 11 is 0. The maximum Gasteiger partial charge on any atom is 0.205 e. The van der Waals surface area contributed by atoms with Gasteiger partial charge in [-0.05, 0) is 36.3 Å². The predicted molar refractivity (Wildman–Crippen MR) is 84.8 cm³/mol. The largest absolute Gasteiger partial charge is 0.334 e. The van der Waals surface area contributed by atoms with Crippen LogP contribution in [0, 0.1) is 17.6 Å². The third-order valence-electron chi connectivity index (χ3n) is 3.87. The molecule has 1 saturated carbocycles. The summed E-state index contributed by atoms with van der Waals surface area (Å²) in [5.74, 6) is -1.25. The fourth-order valence-electron chi connectivity index (χ4n) is 2.64. The van der Waals surface area contributed by atoms with Gasteiger partial charge in [-0.3, -0.25) is 0 Å². The minimum atomic E-state index is -0.981. The number of rotatable bonds is 5. The summed E-state index contributed by atoms with van der Waals surface area (Å²) < 4.78 is 28.0. The average molecular weight is 310 g/mol. The van der Waals surface area contributed by atoms with E-state index in [1.54, 1.807) is 6.07 Å². The Labute approximate surface area is 131 Å². The van der Waals surface area contributed by atoms with Crippen LogP contribution >= 0.6 is 0 Å². The Bertz CT molecular complexity index is 480. The maximum absolute atomic E-state index is 14.1. The average Bonchev–Trinajstić information content (AvgIpc) is 2.55. The van der Waals surface area contributed by atoms with Crippen molar-refractivity contribution in [1.82, 2.24) is 0 Å². The summed E-state index contributed by atoms with van der Waals surface area (Å²) in [6, 6.07) is 3.03. The number of hydrogen-bond donors (Lipinski definition) is 0. The summed E-state index contributed by atoms with van der Waals surface area (Å²) in [4.78, 5) is 9.41. The van der Waals surface area contributed by atoms with Crippen LogP contribution in [0.25, 0.3) is 0 Å². The highest BCUT2D eigenvalue weighted by atomic mass is 19.2. The first-order valence-corrected chi connectivity index (χ1v) is 7.51. The van der Waals surface area contributed by atoms with Crippen molar-refractivity contribution in [2.45, 2.75) is 38.5 Å². The van der Waals surface area contributed by atoms with Crippen LogP contribution in [-0.2, 0) is 4.89 Å². The lowest BCUT2D eigenvalue weighted by Gasteiger charge is -2.26. The molecule has 0 heterocycles. The van der Waals surface area contributed by atoms with Gasteiger partial charge in [-0.25, -0.2) is 4.39 Å². The first-order chi connectivity index (χ1) is 10.6. The molecule has 0 spiro atoms. The Morgan fingerprint density at radius 3 is 2.36 bits per heavy atom. The van der Waals surface area contributed by atoms with Crippen LogP contribution in [0.2, 0.25) is 0 Å². The van der Waals surface area contributed by atoms with E-state index in [0.29, 0.717) is 11.5 Å². The van der Waals surface area contributed by atoms with Gasteiger partial charge in [0.1, 0.15) is 6.61 Å². The van der Waals surface area contributed by atoms with Crippen LogP contribution < -0.4 is 4.89 Å². The van der Waals surface area contributed by atoms with Crippen molar-refractivity contribution < 1.29 is 18.6 Å². The molecule has 2 rings (SSSR count). The highest BCUT2D eigenvalue weighted by molar-refractivity contribution is 5.33. The van der Waals surface area contributed by atoms with Crippen LogP contribution in [0.4, 0.5) is 8.78 Å². The lowest BCUT2D eigenvalue weighted by molar-refractivity contribution is -0.198. The lowest BCUT2D eigenvalue weighted by atomic mass is 9.79. The second-order valence-electron chi connectivity index (χ2n) is 5.39. The molecule has 0 atom stereocenters. The minimum absolute atomic E-state index is 0.101. The molecule has 1 aromatic rings. The zero-order chi connectivity index (χ0) is 16.5. The van der Waals surface area contributed by atoms with E-state index in [-0.39, 0.29) is 18.3 Å². The van der Waals surface area contributed by atoms with Crippen molar-refractivity contribution in [3.8, 4) is 5.75 Å². The summed E-state index contributed by atoms with van der Waals surface area (Å²) in [5.41, 5.74) is 0.450. The van der Waals surface area contributed by atoms with Crippen molar-refractivity contribution in [3.05, 3.63) is 55.1 Å². The first-order valence-electron chi connectivity index (χ1n) is 7.51. The number of hydrogen-bond acceptors (Lipinski definition) is 2. The van der Waals surface area contributed by atoms with Crippen molar-refractivity contribution in [1.29, 1.82) is 0 Å². The molecule has 1 aliphatic rings. The van der Waals surface area contributed by atoms with Gasteiger partial charge in [-0.1, -0.05) is 31.9 Å². The van der Waals surface area contributed by atoms with Gasteiger partial charge in [0.15, 0.2) is 5.82 Å². The lowest BCUT2D eigenvalue weighted by Crippen LogP contribution is -2.13. The molecular weight excluding hydrogens is 286 g/mol. The Morgan fingerprint density at radius 1 is 1.14 bits per heavy atom. The minimum Gasteiger partial charge on any atom is -0.334 e. The normalized spacial score (nSPS) is 20.7. The van der Waals surface area contributed by atoms with E-state index in [2.05, 4.69) is 31.5 Å². The van der Waals surface area contributed by atoms with Gasteiger partial charge in [-0.2, -0.15) is 9.28 Å². The van der Waals surface area contributed by atoms with E-state index in [1.165, 1.54) is 12.1 Å². The molecule has 4 heteroatoms. The van der Waals surface area contributed by atoms with Gasteiger partial charge in [0, 0.05) is 0 Å². The third kappa shape index (κ3) is 4.67. The quantitative estimate of drug-likeness (QED) is 0.307. The molecule has 0 unspecified atom stereocenters. The van der Waals surface area contributed by atoms with Crippen LogP contribution in [0.3, 0.4) is 0 Å².